The number of benzene rings is 1. The van der Waals surface area contributed by atoms with E-state index in [1.807, 2.05) is 4.90 Å². The molecule has 0 radical (unpaired) electrons. The minimum absolute atomic E-state index is 0.0754. The summed E-state index contributed by atoms with van der Waals surface area (Å²) in [7, 11) is 0. The molecule has 0 aromatic heterocycles. The van der Waals surface area contributed by atoms with E-state index in [1.54, 1.807) is 12.1 Å². The third-order valence-electron chi connectivity index (χ3n) is 3.67. The molecule has 1 N–H and O–H groups in total. The number of likely N-dealkylation sites (tertiary alicyclic amines) is 1. The molecule has 5 heteroatoms. The van der Waals surface area contributed by atoms with Gasteiger partial charge in [-0.05, 0) is 37.0 Å². The smallest absolute Gasteiger partial charge is 0.224 e. The highest BCUT2D eigenvalue weighted by Crippen LogP contribution is 2.08. The van der Waals surface area contributed by atoms with Gasteiger partial charge < -0.3 is 10.2 Å². The Kier molecular flexibility index (Phi) is 5.72. The first kappa shape index (κ1) is 15.5. The number of hydrogen-bond acceptors (Lipinski definition) is 2. The van der Waals surface area contributed by atoms with Crippen molar-refractivity contribution >= 4 is 11.8 Å². The Balaban J connectivity index is 1.61. The zero-order valence-corrected chi connectivity index (χ0v) is 12.1. The van der Waals surface area contributed by atoms with Gasteiger partial charge in [0.1, 0.15) is 5.82 Å². The maximum atomic E-state index is 12.7. The molecule has 0 bridgehead atoms. The summed E-state index contributed by atoms with van der Waals surface area (Å²) >= 11 is 0. The predicted molar refractivity (Wildman–Crippen MR) is 78.2 cm³/mol. The fraction of sp³-hybridized carbons (Fsp3) is 0.500. The lowest BCUT2D eigenvalue weighted by molar-refractivity contribution is -0.130. The van der Waals surface area contributed by atoms with Crippen LogP contribution in [0.1, 0.15) is 31.2 Å². The van der Waals surface area contributed by atoms with Gasteiger partial charge in [-0.25, -0.2) is 4.39 Å². The van der Waals surface area contributed by atoms with Gasteiger partial charge in [0, 0.05) is 32.5 Å². The second kappa shape index (κ2) is 7.76. The minimum atomic E-state index is -0.274. The number of nitrogens with zero attached hydrogens (tertiary/aromatic N) is 1. The van der Waals surface area contributed by atoms with Crippen molar-refractivity contribution in [2.45, 2.75) is 32.1 Å². The lowest BCUT2D eigenvalue weighted by Crippen LogP contribution is -2.32. The lowest BCUT2D eigenvalue weighted by atomic mass is 10.1. The van der Waals surface area contributed by atoms with Gasteiger partial charge in [-0.3, -0.25) is 9.59 Å². The molecule has 1 aliphatic heterocycles. The molecule has 114 valence electrons. The molecule has 2 rings (SSSR count). The Labute approximate surface area is 124 Å². The van der Waals surface area contributed by atoms with Gasteiger partial charge in [-0.2, -0.15) is 0 Å². The monoisotopic (exact) mass is 292 g/mol. The third kappa shape index (κ3) is 5.17. The molecule has 0 aliphatic carbocycles. The van der Waals surface area contributed by atoms with Gasteiger partial charge in [-0.15, -0.1) is 0 Å². The van der Waals surface area contributed by atoms with Gasteiger partial charge in [0.2, 0.25) is 11.8 Å². The number of halogens is 1. The summed E-state index contributed by atoms with van der Waals surface area (Å²) in [5.41, 5.74) is 0.930. The Morgan fingerprint density at radius 1 is 1.10 bits per heavy atom. The van der Waals surface area contributed by atoms with Crippen molar-refractivity contribution in [2.75, 3.05) is 19.6 Å². The van der Waals surface area contributed by atoms with Crippen LogP contribution in [0.5, 0.6) is 0 Å². The van der Waals surface area contributed by atoms with E-state index in [0.29, 0.717) is 25.8 Å². The van der Waals surface area contributed by atoms with Crippen LogP contribution in [0.25, 0.3) is 0 Å². The van der Waals surface area contributed by atoms with Crippen LogP contribution in [-0.2, 0) is 16.0 Å². The van der Waals surface area contributed by atoms with Gasteiger partial charge in [0.05, 0.1) is 0 Å². The molecule has 1 aromatic rings. The molecule has 1 heterocycles. The standard InChI is InChI=1S/C16H21FN2O2/c17-14-6-3-13(4-7-14)5-8-15(20)18-10-9-16(21)19-11-1-2-12-19/h3-4,6-7H,1-2,5,8-12H2,(H,18,20). The average Bonchev–Trinajstić information content (AvgIpc) is 3.01. The molecule has 1 fully saturated rings. The fourth-order valence-electron chi connectivity index (χ4n) is 2.43. The van der Waals surface area contributed by atoms with Gasteiger partial charge in [0.25, 0.3) is 0 Å². The number of hydrogen-bond donors (Lipinski definition) is 1. The maximum Gasteiger partial charge on any atom is 0.224 e. The molecule has 0 spiro atoms. The topological polar surface area (TPSA) is 49.4 Å². The molecule has 0 unspecified atom stereocenters. The third-order valence-corrected chi connectivity index (χ3v) is 3.67. The maximum absolute atomic E-state index is 12.7. The van der Waals surface area contributed by atoms with Crippen LogP contribution in [0.2, 0.25) is 0 Å². The summed E-state index contributed by atoms with van der Waals surface area (Å²) in [4.78, 5) is 25.3. The van der Waals surface area contributed by atoms with E-state index in [4.69, 9.17) is 0 Å². The molecular weight excluding hydrogens is 271 g/mol. The summed E-state index contributed by atoms with van der Waals surface area (Å²) < 4.78 is 12.7. The Morgan fingerprint density at radius 3 is 2.43 bits per heavy atom. The fourth-order valence-corrected chi connectivity index (χ4v) is 2.43. The zero-order valence-electron chi connectivity index (χ0n) is 12.1. The van der Waals surface area contributed by atoms with E-state index in [2.05, 4.69) is 5.32 Å². The van der Waals surface area contributed by atoms with Crippen LogP contribution in [-0.4, -0.2) is 36.3 Å². The first-order valence-electron chi connectivity index (χ1n) is 7.44. The van der Waals surface area contributed by atoms with Crippen molar-refractivity contribution in [3.05, 3.63) is 35.6 Å². The SMILES string of the molecule is O=C(CCc1ccc(F)cc1)NCCC(=O)N1CCCC1. The van der Waals surface area contributed by atoms with E-state index in [0.717, 1.165) is 31.5 Å². The van der Waals surface area contributed by atoms with E-state index >= 15 is 0 Å². The first-order valence-corrected chi connectivity index (χ1v) is 7.44. The lowest BCUT2D eigenvalue weighted by Gasteiger charge is -2.15. The second-order valence-electron chi connectivity index (χ2n) is 5.31. The minimum Gasteiger partial charge on any atom is -0.356 e. The largest absolute Gasteiger partial charge is 0.356 e. The van der Waals surface area contributed by atoms with Crippen molar-refractivity contribution in [1.82, 2.24) is 10.2 Å². The highest BCUT2D eigenvalue weighted by molar-refractivity contribution is 5.79. The molecule has 1 saturated heterocycles. The van der Waals surface area contributed by atoms with Crippen molar-refractivity contribution in [2.24, 2.45) is 0 Å². The van der Waals surface area contributed by atoms with Gasteiger partial charge in [-0.1, -0.05) is 12.1 Å². The summed E-state index contributed by atoms with van der Waals surface area (Å²) in [5.74, 6) is -0.233. The van der Waals surface area contributed by atoms with Crippen LogP contribution in [0.15, 0.2) is 24.3 Å². The molecule has 0 atom stereocenters. The quantitative estimate of drug-likeness (QED) is 0.870. The number of aryl methyl sites for hydroxylation is 1. The molecule has 2 amide bonds. The highest BCUT2D eigenvalue weighted by Gasteiger charge is 2.17. The summed E-state index contributed by atoms with van der Waals surface area (Å²) in [6.45, 7) is 2.08. The molecule has 21 heavy (non-hydrogen) atoms. The van der Waals surface area contributed by atoms with E-state index in [-0.39, 0.29) is 17.6 Å². The number of amides is 2. The predicted octanol–water partition coefficient (Wildman–Crippen LogP) is 1.89. The van der Waals surface area contributed by atoms with Crippen LogP contribution in [0, 0.1) is 5.82 Å². The normalized spacial score (nSPS) is 14.2. The van der Waals surface area contributed by atoms with Gasteiger partial charge >= 0.3 is 0 Å². The van der Waals surface area contributed by atoms with Crippen molar-refractivity contribution in [3.63, 3.8) is 0 Å². The summed E-state index contributed by atoms with van der Waals surface area (Å²) in [5, 5.41) is 2.76. The Morgan fingerprint density at radius 2 is 1.76 bits per heavy atom. The van der Waals surface area contributed by atoms with Crippen LogP contribution in [0.3, 0.4) is 0 Å². The number of nitrogens with one attached hydrogen (secondary N) is 1. The molecule has 1 aromatic carbocycles. The number of carbonyl (C=O) groups is 2. The second-order valence-corrected chi connectivity index (χ2v) is 5.31. The van der Waals surface area contributed by atoms with Crippen molar-refractivity contribution in [3.8, 4) is 0 Å². The van der Waals surface area contributed by atoms with Crippen LogP contribution in [0.4, 0.5) is 4.39 Å². The molecule has 0 saturated carbocycles. The van der Waals surface area contributed by atoms with Crippen molar-refractivity contribution < 1.29 is 14.0 Å². The summed E-state index contributed by atoms with van der Waals surface area (Å²) in [6.07, 6.45) is 3.45. The van der Waals surface area contributed by atoms with Crippen LogP contribution < -0.4 is 5.32 Å². The first-order chi connectivity index (χ1) is 10.1. The van der Waals surface area contributed by atoms with Gasteiger partial charge in [0.15, 0.2) is 0 Å². The average molecular weight is 292 g/mol. The van der Waals surface area contributed by atoms with Crippen LogP contribution >= 0.6 is 0 Å². The van der Waals surface area contributed by atoms with E-state index in [1.165, 1.54) is 12.1 Å². The molecule has 4 nitrogen and oxygen atoms in total. The van der Waals surface area contributed by atoms with E-state index in [9.17, 15) is 14.0 Å². The Bertz CT molecular complexity index is 482. The summed E-state index contributed by atoms with van der Waals surface area (Å²) in [6, 6.07) is 6.14. The Hall–Kier alpha value is -1.91. The number of carbonyl (C=O) groups excluding carboxylic acids is 2. The number of rotatable bonds is 6. The molecular formula is C16H21FN2O2. The van der Waals surface area contributed by atoms with E-state index < -0.39 is 0 Å². The molecule has 1 aliphatic rings. The van der Waals surface area contributed by atoms with Crippen molar-refractivity contribution in [1.29, 1.82) is 0 Å². The highest BCUT2D eigenvalue weighted by atomic mass is 19.1. The zero-order chi connectivity index (χ0) is 15.1.